The van der Waals surface area contributed by atoms with E-state index in [1.807, 2.05) is 13.1 Å². The van der Waals surface area contributed by atoms with E-state index in [9.17, 15) is 0 Å². The van der Waals surface area contributed by atoms with Crippen molar-refractivity contribution in [3.63, 3.8) is 0 Å². The van der Waals surface area contributed by atoms with E-state index in [1.54, 1.807) is 7.11 Å². The Bertz CT molecular complexity index is 367. The smallest absolute Gasteiger partial charge is 0.123 e. The molecule has 0 bridgehead atoms. The van der Waals surface area contributed by atoms with Crippen molar-refractivity contribution in [3.05, 3.63) is 29.3 Å². The molecule has 0 aliphatic rings. The summed E-state index contributed by atoms with van der Waals surface area (Å²) in [6.07, 6.45) is 0. The van der Waals surface area contributed by atoms with Gasteiger partial charge in [0.15, 0.2) is 0 Å². The van der Waals surface area contributed by atoms with Crippen molar-refractivity contribution in [2.24, 2.45) is 0 Å². The second-order valence-corrected chi connectivity index (χ2v) is 5.60. The first-order valence-electron chi connectivity index (χ1n) is 5.90. The van der Waals surface area contributed by atoms with Crippen LogP contribution in [0.2, 0.25) is 0 Å². The van der Waals surface area contributed by atoms with E-state index < -0.39 is 0 Å². The van der Waals surface area contributed by atoms with Gasteiger partial charge in [0.2, 0.25) is 0 Å². The fraction of sp³-hybridized carbons (Fsp3) is 0.571. The molecular formula is C14H23NOS. The number of benzene rings is 1. The van der Waals surface area contributed by atoms with Crippen LogP contribution in [-0.2, 0) is 5.41 Å². The van der Waals surface area contributed by atoms with Gasteiger partial charge in [-0.05, 0) is 30.2 Å². The van der Waals surface area contributed by atoms with Gasteiger partial charge in [0.1, 0.15) is 5.75 Å². The minimum atomic E-state index is 0.149. The Kier molecular flexibility index (Phi) is 4.90. The highest BCUT2D eigenvalue weighted by Gasteiger charge is 2.19. The number of hydrogen-bond donors (Lipinski definition) is 2. The van der Waals surface area contributed by atoms with Crippen LogP contribution in [0.4, 0.5) is 0 Å². The molecule has 0 radical (unpaired) electrons. The first kappa shape index (κ1) is 14.4. The third-order valence-electron chi connectivity index (χ3n) is 3.00. The number of methoxy groups -OCH3 is 1. The van der Waals surface area contributed by atoms with E-state index >= 15 is 0 Å². The molecule has 0 spiro atoms. The number of rotatable bonds is 4. The fourth-order valence-electron chi connectivity index (χ4n) is 1.82. The monoisotopic (exact) mass is 253 g/mol. The Labute approximate surface area is 110 Å². The average molecular weight is 253 g/mol. The number of ether oxygens (including phenoxy) is 1. The molecule has 0 amide bonds. The van der Waals surface area contributed by atoms with Crippen molar-refractivity contribution in [1.82, 2.24) is 5.32 Å². The number of hydrogen-bond acceptors (Lipinski definition) is 3. The van der Waals surface area contributed by atoms with Crippen LogP contribution in [0.5, 0.6) is 5.75 Å². The lowest BCUT2D eigenvalue weighted by atomic mass is 9.85. The highest BCUT2D eigenvalue weighted by atomic mass is 32.1. The molecule has 0 saturated heterocycles. The zero-order valence-electron chi connectivity index (χ0n) is 11.4. The third kappa shape index (κ3) is 3.39. The molecule has 0 aliphatic heterocycles. The van der Waals surface area contributed by atoms with Gasteiger partial charge in [-0.25, -0.2) is 0 Å². The van der Waals surface area contributed by atoms with Crippen LogP contribution in [0.3, 0.4) is 0 Å². The SMILES string of the molecule is CNC(CS)c1cc(C(C)(C)C)ccc1OC. The lowest BCUT2D eigenvalue weighted by Gasteiger charge is -2.24. The summed E-state index contributed by atoms with van der Waals surface area (Å²) in [6, 6.07) is 6.61. The van der Waals surface area contributed by atoms with Gasteiger partial charge in [-0.3, -0.25) is 0 Å². The van der Waals surface area contributed by atoms with Gasteiger partial charge in [-0.1, -0.05) is 26.8 Å². The maximum Gasteiger partial charge on any atom is 0.123 e. The lowest BCUT2D eigenvalue weighted by molar-refractivity contribution is 0.403. The summed E-state index contributed by atoms with van der Waals surface area (Å²) in [5.41, 5.74) is 2.64. The largest absolute Gasteiger partial charge is 0.496 e. The van der Waals surface area contributed by atoms with E-state index in [0.717, 1.165) is 11.5 Å². The molecule has 1 atom stereocenters. The quantitative estimate of drug-likeness (QED) is 0.804. The van der Waals surface area contributed by atoms with E-state index in [1.165, 1.54) is 11.1 Å². The van der Waals surface area contributed by atoms with Crippen molar-refractivity contribution in [2.45, 2.75) is 32.2 Å². The summed E-state index contributed by atoms with van der Waals surface area (Å²) < 4.78 is 5.42. The highest BCUT2D eigenvalue weighted by molar-refractivity contribution is 7.80. The van der Waals surface area contributed by atoms with Crippen molar-refractivity contribution >= 4 is 12.6 Å². The van der Waals surface area contributed by atoms with Gasteiger partial charge in [-0.2, -0.15) is 12.6 Å². The summed E-state index contributed by atoms with van der Waals surface area (Å²) in [4.78, 5) is 0. The molecule has 1 unspecified atom stereocenters. The van der Waals surface area contributed by atoms with E-state index in [-0.39, 0.29) is 11.5 Å². The zero-order valence-corrected chi connectivity index (χ0v) is 12.3. The Morgan fingerprint density at radius 3 is 2.41 bits per heavy atom. The molecule has 17 heavy (non-hydrogen) atoms. The van der Waals surface area contributed by atoms with Crippen molar-refractivity contribution in [3.8, 4) is 5.75 Å². The Morgan fingerprint density at radius 1 is 1.35 bits per heavy atom. The van der Waals surface area contributed by atoms with Crippen LogP contribution in [0.25, 0.3) is 0 Å². The first-order valence-corrected chi connectivity index (χ1v) is 6.53. The average Bonchev–Trinajstić information content (AvgIpc) is 2.29. The Morgan fingerprint density at radius 2 is 2.00 bits per heavy atom. The standard InChI is InChI=1S/C14H23NOS/c1-14(2,3)10-6-7-13(16-5)11(8-10)12(9-17)15-4/h6-8,12,15,17H,9H2,1-5H3. The topological polar surface area (TPSA) is 21.3 Å². The van der Waals surface area contributed by atoms with E-state index in [0.29, 0.717) is 0 Å². The van der Waals surface area contributed by atoms with Gasteiger partial charge in [-0.15, -0.1) is 0 Å². The van der Waals surface area contributed by atoms with Crippen LogP contribution in [0.15, 0.2) is 18.2 Å². The molecule has 1 rings (SSSR count). The molecule has 1 aromatic carbocycles. The molecule has 0 saturated carbocycles. The first-order chi connectivity index (χ1) is 7.93. The fourth-order valence-corrected chi connectivity index (χ4v) is 2.20. The van der Waals surface area contributed by atoms with Crippen molar-refractivity contribution < 1.29 is 4.74 Å². The van der Waals surface area contributed by atoms with Gasteiger partial charge in [0.05, 0.1) is 7.11 Å². The normalized spacial score (nSPS) is 13.5. The van der Waals surface area contributed by atoms with Gasteiger partial charge < -0.3 is 10.1 Å². The molecule has 0 heterocycles. The van der Waals surface area contributed by atoms with Crippen LogP contribution in [0.1, 0.15) is 37.9 Å². The van der Waals surface area contributed by atoms with Gasteiger partial charge >= 0.3 is 0 Å². The Hall–Kier alpha value is -0.670. The summed E-state index contributed by atoms with van der Waals surface area (Å²) in [7, 11) is 3.66. The molecule has 0 aliphatic carbocycles. The minimum absolute atomic E-state index is 0.149. The summed E-state index contributed by atoms with van der Waals surface area (Å²) in [6.45, 7) is 6.65. The summed E-state index contributed by atoms with van der Waals surface area (Å²) in [5, 5.41) is 3.27. The molecule has 3 heteroatoms. The zero-order chi connectivity index (χ0) is 13.1. The van der Waals surface area contributed by atoms with Crippen LogP contribution in [-0.4, -0.2) is 19.9 Å². The van der Waals surface area contributed by atoms with E-state index in [4.69, 9.17) is 4.74 Å². The van der Waals surface area contributed by atoms with Crippen LogP contribution in [0, 0.1) is 0 Å². The van der Waals surface area contributed by atoms with E-state index in [2.05, 4.69) is 50.8 Å². The lowest BCUT2D eigenvalue weighted by Crippen LogP contribution is -2.20. The second-order valence-electron chi connectivity index (χ2n) is 5.23. The predicted octanol–water partition coefficient (Wildman–Crippen LogP) is 3.18. The number of nitrogens with one attached hydrogen (secondary N) is 1. The maximum absolute atomic E-state index is 5.42. The maximum atomic E-state index is 5.42. The molecule has 0 aromatic heterocycles. The van der Waals surface area contributed by atoms with Crippen LogP contribution < -0.4 is 10.1 Å². The predicted molar refractivity (Wildman–Crippen MR) is 77.3 cm³/mol. The highest BCUT2D eigenvalue weighted by Crippen LogP contribution is 2.31. The van der Waals surface area contributed by atoms with Crippen LogP contribution >= 0.6 is 12.6 Å². The molecule has 1 aromatic rings. The van der Waals surface area contributed by atoms with Crippen molar-refractivity contribution in [2.75, 3.05) is 19.9 Å². The molecular weight excluding hydrogens is 230 g/mol. The molecule has 96 valence electrons. The third-order valence-corrected chi connectivity index (χ3v) is 3.37. The molecule has 2 nitrogen and oxygen atoms in total. The Balaban J connectivity index is 3.24. The summed E-state index contributed by atoms with van der Waals surface area (Å²) >= 11 is 4.38. The van der Waals surface area contributed by atoms with Gasteiger partial charge in [0, 0.05) is 17.4 Å². The molecule has 1 N–H and O–H groups in total. The minimum Gasteiger partial charge on any atom is -0.496 e. The molecule has 0 fully saturated rings. The van der Waals surface area contributed by atoms with Crippen molar-refractivity contribution in [1.29, 1.82) is 0 Å². The second kappa shape index (κ2) is 5.78. The van der Waals surface area contributed by atoms with Gasteiger partial charge in [0.25, 0.3) is 0 Å². The summed E-state index contributed by atoms with van der Waals surface area (Å²) in [5.74, 6) is 1.67. The number of thiol groups is 1.